The maximum atomic E-state index is 11.6. The molecule has 1 saturated carbocycles. The molecule has 5 heteroatoms. The summed E-state index contributed by atoms with van der Waals surface area (Å²) >= 11 is 1.38. The van der Waals surface area contributed by atoms with Crippen molar-refractivity contribution in [2.75, 3.05) is 5.32 Å². The number of anilines is 1. The van der Waals surface area contributed by atoms with Gasteiger partial charge in [-0.25, -0.2) is 4.98 Å². The molecule has 1 heterocycles. The third-order valence-electron chi connectivity index (χ3n) is 2.70. The van der Waals surface area contributed by atoms with E-state index < -0.39 is 5.60 Å². The average Bonchev–Trinajstić information content (AvgIpc) is 2.76. The van der Waals surface area contributed by atoms with Crippen LogP contribution in [0, 0.1) is 0 Å². The second kappa shape index (κ2) is 4.28. The molecule has 0 aliphatic heterocycles. The summed E-state index contributed by atoms with van der Waals surface area (Å²) in [5.74, 6) is -0.144. The van der Waals surface area contributed by atoms with Crippen LogP contribution in [0.5, 0.6) is 0 Å². The molecular weight excluding hydrogens is 212 g/mol. The average molecular weight is 226 g/mol. The molecule has 1 amide bonds. The van der Waals surface area contributed by atoms with Crippen LogP contribution in [0.15, 0.2) is 11.6 Å². The quantitative estimate of drug-likeness (QED) is 0.825. The van der Waals surface area contributed by atoms with E-state index in [1.54, 1.807) is 11.6 Å². The van der Waals surface area contributed by atoms with E-state index in [1.807, 2.05) is 0 Å². The largest absolute Gasteiger partial charge is 0.389 e. The fourth-order valence-electron chi connectivity index (χ4n) is 1.96. The monoisotopic (exact) mass is 226 g/mol. The normalized spacial score (nSPS) is 19.0. The lowest BCUT2D eigenvalue weighted by Gasteiger charge is -2.20. The Kier molecular flexibility index (Phi) is 3.02. The van der Waals surface area contributed by atoms with Crippen molar-refractivity contribution in [2.45, 2.75) is 37.7 Å². The van der Waals surface area contributed by atoms with Gasteiger partial charge in [0, 0.05) is 11.6 Å². The van der Waals surface area contributed by atoms with Crippen molar-refractivity contribution in [3.8, 4) is 0 Å². The molecule has 0 saturated heterocycles. The van der Waals surface area contributed by atoms with E-state index in [-0.39, 0.29) is 12.3 Å². The van der Waals surface area contributed by atoms with E-state index >= 15 is 0 Å². The highest BCUT2D eigenvalue weighted by atomic mass is 32.1. The van der Waals surface area contributed by atoms with Gasteiger partial charge in [0.15, 0.2) is 5.13 Å². The molecule has 4 nitrogen and oxygen atoms in total. The summed E-state index contributed by atoms with van der Waals surface area (Å²) in [5, 5.41) is 15.1. The number of nitrogens with zero attached hydrogens (tertiary/aromatic N) is 1. The zero-order chi connectivity index (χ0) is 10.7. The van der Waals surface area contributed by atoms with Crippen LogP contribution >= 0.6 is 11.3 Å². The summed E-state index contributed by atoms with van der Waals surface area (Å²) in [4.78, 5) is 15.5. The summed E-state index contributed by atoms with van der Waals surface area (Å²) in [6.45, 7) is 0. The predicted octanol–water partition coefficient (Wildman–Crippen LogP) is 1.78. The van der Waals surface area contributed by atoms with Gasteiger partial charge in [-0.15, -0.1) is 11.3 Å². The Morgan fingerprint density at radius 1 is 1.60 bits per heavy atom. The molecule has 0 atom stereocenters. The van der Waals surface area contributed by atoms with E-state index in [0.717, 1.165) is 25.7 Å². The van der Waals surface area contributed by atoms with Crippen LogP contribution in [-0.4, -0.2) is 21.6 Å². The van der Waals surface area contributed by atoms with Gasteiger partial charge < -0.3 is 10.4 Å². The van der Waals surface area contributed by atoms with Crippen LogP contribution in [-0.2, 0) is 4.79 Å². The minimum atomic E-state index is -0.776. The fraction of sp³-hybridized carbons (Fsp3) is 0.600. The molecule has 2 N–H and O–H groups in total. The first-order chi connectivity index (χ1) is 7.18. The van der Waals surface area contributed by atoms with Gasteiger partial charge in [0.05, 0.1) is 12.0 Å². The summed E-state index contributed by atoms with van der Waals surface area (Å²) < 4.78 is 0. The van der Waals surface area contributed by atoms with Gasteiger partial charge in [0.25, 0.3) is 0 Å². The highest BCUT2D eigenvalue weighted by Gasteiger charge is 2.33. The van der Waals surface area contributed by atoms with Crippen LogP contribution in [0.2, 0.25) is 0 Å². The van der Waals surface area contributed by atoms with Crippen molar-refractivity contribution < 1.29 is 9.90 Å². The second-order valence-corrected chi connectivity index (χ2v) is 4.89. The molecule has 1 fully saturated rings. The molecule has 1 aromatic rings. The van der Waals surface area contributed by atoms with Gasteiger partial charge in [-0.2, -0.15) is 0 Å². The fourth-order valence-corrected chi connectivity index (χ4v) is 2.50. The van der Waals surface area contributed by atoms with Crippen LogP contribution in [0.25, 0.3) is 0 Å². The number of hydrogen-bond acceptors (Lipinski definition) is 4. The van der Waals surface area contributed by atoms with E-state index in [1.165, 1.54) is 11.3 Å². The maximum Gasteiger partial charge on any atom is 0.229 e. The minimum absolute atomic E-state index is 0.144. The van der Waals surface area contributed by atoms with Gasteiger partial charge in [0.2, 0.25) is 5.91 Å². The van der Waals surface area contributed by atoms with Gasteiger partial charge in [0.1, 0.15) is 0 Å². The van der Waals surface area contributed by atoms with Crippen molar-refractivity contribution >= 4 is 22.4 Å². The van der Waals surface area contributed by atoms with Gasteiger partial charge in [-0.3, -0.25) is 4.79 Å². The lowest BCUT2D eigenvalue weighted by atomic mass is 9.98. The number of amides is 1. The number of nitrogens with one attached hydrogen (secondary N) is 1. The molecule has 0 radical (unpaired) electrons. The molecule has 1 aliphatic carbocycles. The number of aliphatic hydroxyl groups is 1. The van der Waals surface area contributed by atoms with Crippen LogP contribution in [0.4, 0.5) is 5.13 Å². The maximum absolute atomic E-state index is 11.6. The van der Waals surface area contributed by atoms with Gasteiger partial charge in [-0.05, 0) is 12.8 Å². The van der Waals surface area contributed by atoms with Crippen LogP contribution in [0.1, 0.15) is 32.1 Å². The highest BCUT2D eigenvalue weighted by molar-refractivity contribution is 7.13. The van der Waals surface area contributed by atoms with Crippen molar-refractivity contribution in [1.82, 2.24) is 4.98 Å². The third kappa shape index (κ3) is 2.76. The Bertz CT molecular complexity index is 331. The predicted molar refractivity (Wildman–Crippen MR) is 58.8 cm³/mol. The third-order valence-corrected chi connectivity index (χ3v) is 3.39. The standard InChI is InChI=1S/C10H14N2O2S/c13-8(12-9-11-5-6-15-9)7-10(14)3-1-2-4-10/h5-6,14H,1-4,7H2,(H,11,12,13). The lowest BCUT2D eigenvalue weighted by molar-refractivity contribution is -0.120. The number of aromatic nitrogens is 1. The van der Waals surface area contributed by atoms with E-state index in [2.05, 4.69) is 10.3 Å². The molecule has 15 heavy (non-hydrogen) atoms. The number of carbonyl (C=O) groups is 1. The van der Waals surface area contributed by atoms with Gasteiger partial charge in [-0.1, -0.05) is 12.8 Å². The molecule has 0 aromatic carbocycles. The van der Waals surface area contributed by atoms with Crippen molar-refractivity contribution in [3.05, 3.63) is 11.6 Å². The summed E-state index contributed by atoms with van der Waals surface area (Å²) in [6, 6.07) is 0. The SMILES string of the molecule is O=C(CC1(O)CCCC1)Nc1nccs1. The Labute approximate surface area is 92.3 Å². The van der Waals surface area contributed by atoms with E-state index in [9.17, 15) is 9.90 Å². The van der Waals surface area contributed by atoms with Crippen molar-refractivity contribution in [3.63, 3.8) is 0 Å². The Balaban J connectivity index is 1.87. The topological polar surface area (TPSA) is 62.2 Å². The van der Waals surface area contributed by atoms with E-state index in [4.69, 9.17) is 0 Å². The first-order valence-electron chi connectivity index (χ1n) is 5.10. The van der Waals surface area contributed by atoms with E-state index in [0.29, 0.717) is 5.13 Å². The molecule has 1 aromatic heterocycles. The van der Waals surface area contributed by atoms with Crippen molar-refractivity contribution in [1.29, 1.82) is 0 Å². The Hall–Kier alpha value is -0.940. The lowest BCUT2D eigenvalue weighted by Crippen LogP contribution is -2.30. The Morgan fingerprint density at radius 3 is 2.93 bits per heavy atom. The summed E-state index contributed by atoms with van der Waals surface area (Å²) in [7, 11) is 0. The molecule has 82 valence electrons. The first kappa shape index (κ1) is 10.6. The zero-order valence-electron chi connectivity index (χ0n) is 8.40. The molecule has 0 bridgehead atoms. The number of hydrogen-bond donors (Lipinski definition) is 2. The molecule has 1 aliphatic rings. The van der Waals surface area contributed by atoms with Crippen molar-refractivity contribution in [2.24, 2.45) is 0 Å². The molecule has 0 unspecified atom stereocenters. The zero-order valence-corrected chi connectivity index (χ0v) is 9.22. The number of carbonyl (C=O) groups excluding carboxylic acids is 1. The van der Waals surface area contributed by atoms with Gasteiger partial charge >= 0.3 is 0 Å². The smallest absolute Gasteiger partial charge is 0.229 e. The number of rotatable bonds is 3. The number of thiazole rings is 1. The molecular formula is C10H14N2O2S. The summed E-state index contributed by atoms with van der Waals surface area (Å²) in [6.07, 6.45) is 5.33. The van der Waals surface area contributed by atoms with Crippen LogP contribution < -0.4 is 5.32 Å². The molecule has 2 rings (SSSR count). The summed E-state index contributed by atoms with van der Waals surface area (Å²) in [5.41, 5.74) is -0.776. The first-order valence-corrected chi connectivity index (χ1v) is 5.98. The minimum Gasteiger partial charge on any atom is -0.389 e. The highest BCUT2D eigenvalue weighted by Crippen LogP contribution is 2.32. The second-order valence-electron chi connectivity index (χ2n) is 3.99. The molecule has 0 spiro atoms. The van der Waals surface area contributed by atoms with Crippen LogP contribution in [0.3, 0.4) is 0 Å². The Morgan fingerprint density at radius 2 is 2.33 bits per heavy atom.